The van der Waals surface area contributed by atoms with E-state index in [-0.39, 0.29) is 23.8 Å². The van der Waals surface area contributed by atoms with E-state index >= 15 is 0 Å². The first kappa shape index (κ1) is 28.8. The van der Waals surface area contributed by atoms with Gasteiger partial charge in [-0.3, -0.25) is 4.79 Å². The molecule has 0 saturated heterocycles. The van der Waals surface area contributed by atoms with Crippen molar-refractivity contribution in [2.45, 2.75) is 50.5 Å². The highest BCUT2D eigenvalue weighted by molar-refractivity contribution is 6.35. The molecule has 2 N–H and O–H groups in total. The second-order valence-electron chi connectivity index (χ2n) is 10.2. The fraction of sp³-hybridized carbons (Fsp3) is 0.258. The van der Waals surface area contributed by atoms with Gasteiger partial charge in [-0.2, -0.15) is 5.10 Å². The molecule has 0 radical (unpaired) electrons. The van der Waals surface area contributed by atoms with Gasteiger partial charge in [0.25, 0.3) is 5.91 Å². The van der Waals surface area contributed by atoms with Gasteiger partial charge >= 0.3 is 5.97 Å². The Morgan fingerprint density at radius 3 is 2.27 bits per heavy atom. The molecule has 41 heavy (non-hydrogen) atoms. The van der Waals surface area contributed by atoms with E-state index in [1.807, 2.05) is 0 Å². The third-order valence-corrected chi connectivity index (χ3v) is 7.88. The van der Waals surface area contributed by atoms with Gasteiger partial charge in [0, 0.05) is 22.9 Å². The average molecular weight is 598 g/mol. The number of benzene rings is 3. The van der Waals surface area contributed by atoms with Crippen LogP contribution in [0, 0.1) is 11.6 Å². The van der Waals surface area contributed by atoms with E-state index in [2.05, 4.69) is 5.32 Å². The molecule has 1 unspecified atom stereocenters. The fourth-order valence-electron chi connectivity index (χ4n) is 5.36. The Labute approximate surface area is 245 Å². The lowest BCUT2D eigenvalue weighted by molar-refractivity contribution is -0.139. The first-order chi connectivity index (χ1) is 19.7. The van der Waals surface area contributed by atoms with Gasteiger partial charge in [0.05, 0.1) is 16.4 Å². The molecule has 6 nitrogen and oxygen atoms in total. The summed E-state index contributed by atoms with van der Waals surface area (Å²) in [7, 11) is 0. The highest BCUT2D eigenvalue weighted by Crippen LogP contribution is 2.38. The Kier molecular flexibility index (Phi) is 8.71. The molecule has 1 amide bonds. The maximum atomic E-state index is 13.7. The number of hydrogen-bond donors (Lipinski definition) is 2. The van der Waals surface area contributed by atoms with E-state index in [4.69, 9.17) is 28.3 Å². The van der Waals surface area contributed by atoms with Gasteiger partial charge in [-0.15, -0.1) is 0 Å². The maximum Gasteiger partial charge on any atom is 0.326 e. The van der Waals surface area contributed by atoms with Crippen LogP contribution in [0.1, 0.15) is 58.1 Å². The van der Waals surface area contributed by atoms with Gasteiger partial charge < -0.3 is 10.4 Å². The molecule has 1 aliphatic rings. The van der Waals surface area contributed by atoms with Crippen LogP contribution in [0.25, 0.3) is 5.69 Å². The number of carboxylic acid groups (broad SMARTS) is 1. The number of hydrogen-bond acceptors (Lipinski definition) is 3. The van der Waals surface area contributed by atoms with Crippen molar-refractivity contribution in [3.63, 3.8) is 0 Å². The zero-order valence-electron chi connectivity index (χ0n) is 21.9. The van der Waals surface area contributed by atoms with Crippen molar-refractivity contribution < 1.29 is 23.5 Å². The quantitative estimate of drug-likeness (QED) is 0.216. The van der Waals surface area contributed by atoms with Gasteiger partial charge in [0.1, 0.15) is 17.7 Å². The Bertz CT molecular complexity index is 1570. The monoisotopic (exact) mass is 597 g/mol. The summed E-state index contributed by atoms with van der Waals surface area (Å²) in [6.07, 6.45) is 3.65. The number of carbonyl (C=O) groups is 2. The number of nitrogens with one attached hydrogen (secondary N) is 1. The molecule has 1 aromatic heterocycles. The van der Waals surface area contributed by atoms with E-state index in [0.717, 1.165) is 36.1 Å². The fourth-order valence-corrected chi connectivity index (χ4v) is 5.85. The van der Waals surface area contributed by atoms with Crippen LogP contribution in [0.4, 0.5) is 8.78 Å². The lowest BCUT2D eigenvalue weighted by Crippen LogP contribution is -2.42. The molecule has 10 heteroatoms. The number of amides is 1. The number of nitrogens with zero attached hydrogens (tertiary/aromatic N) is 2. The summed E-state index contributed by atoms with van der Waals surface area (Å²) in [6, 6.07) is 15.6. The Balaban J connectivity index is 1.55. The highest BCUT2D eigenvalue weighted by atomic mass is 35.5. The minimum Gasteiger partial charge on any atom is -0.480 e. The summed E-state index contributed by atoms with van der Waals surface area (Å²) in [6.45, 7) is 0. The van der Waals surface area contributed by atoms with Crippen LogP contribution in [-0.4, -0.2) is 32.8 Å². The minimum atomic E-state index is -1.26. The lowest BCUT2D eigenvalue weighted by atomic mass is 9.90. The first-order valence-electron chi connectivity index (χ1n) is 13.3. The molecule has 2 atom stereocenters. The second-order valence-corrected chi connectivity index (χ2v) is 11.0. The molecule has 0 spiro atoms. The molecule has 212 valence electrons. The third kappa shape index (κ3) is 6.60. The molecule has 0 fully saturated rings. The van der Waals surface area contributed by atoms with Crippen LogP contribution >= 0.6 is 23.2 Å². The van der Waals surface area contributed by atoms with Crippen LogP contribution in [0.15, 0.2) is 66.7 Å². The van der Waals surface area contributed by atoms with Gasteiger partial charge in [-0.05, 0) is 79.3 Å². The molecule has 1 aliphatic carbocycles. The van der Waals surface area contributed by atoms with Crippen LogP contribution in [0.5, 0.6) is 0 Å². The predicted octanol–water partition coefficient (Wildman–Crippen LogP) is 6.94. The van der Waals surface area contributed by atoms with Crippen molar-refractivity contribution in [3.05, 3.63) is 116 Å². The topological polar surface area (TPSA) is 84.2 Å². The van der Waals surface area contributed by atoms with Crippen LogP contribution in [0.3, 0.4) is 0 Å². The maximum absolute atomic E-state index is 13.7. The summed E-state index contributed by atoms with van der Waals surface area (Å²) in [5.41, 5.74) is 3.71. The number of aromatic nitrogens is 2. The molecule has 0 aliphatic heterocycles. The van der Waals surface area contributed by atoms with Crippen molar-refractivity contribution in [3.8, 4) is 5.69 Å². The molecule has 4 aromatic rings. The van der Waals surface area contributed by atoms with Crippen molar-refractivity contribution in [2.24, 2.45) is 0 Å². The van der Waals surface area contributed by atoms with Crippen LogP contribution in [-0.2, 0) is 24.1 Å². The minimum absolute atomic E-state index is 0.0273. The molecule has 5 rings (SSSR count). The smallest absolute Gasteiger partial charge is 0.326 e. The molecule has 1 heterocycles. The van der Waals surface area contributed by atoms with E-state index in [1.54, 1.807) is 35.0 Å². The largest absolute Gasteiger partial charge is 0.480 e. The van der Waals surface area contributed by atoms with E-state index in [1.165, 1.54) is 36.4 Å². The summed E-state index contributed by atoms with van der Waals surface area (Å²) in [5.74, 6) is -2.66. The molecule has 3 aromatic carbocycles. The lowest BCUT2D eigenvalue weighted by Gasteiger charge is -2.19. The standard InChI is InChI=1S/C31H27Cl2F2N3O3/c32-21-9-14-27(25(33)17-21)38-29-20(15-18-5-10-22(34)11-6-18)3-1-2-4-24(29)28(37-38)30(39)36-26(31(40)41)16-19-7-12-23(35)13-8-19/h5-14,17,20,26H,1-4,15-16H2,(H,36,39)(H,40,41)/t20?,26-/m0/s1. The predicted molar refractivity (Wildman–Crippen MR) is 153 cm³/mol. The number of carbonyl (C=O) groups excluding carboxylic acids is 1. The van der Waals surface area contributed by atoms with Gasteiger partial charge in [-0.25, -0.2) is 18.3 Å². The number of carboxylic acids is 1. The highest BCUT2D eigenvalue weighted by Gasteiger charge is 2.32. The number of aliphatic carboxylic acids is 1. The first-order valence-corrected chi connectivity index (χ1v) is 14.0. The average Bonchev–Trinajstić information content (AvgIpc) is 3.19. The van der Waals surface area contributed by atoms with Gasteiger partial charge in [0.2, 0.25) is 0 Å². The van der Waals surface area contributed by atoms with E-state index in [0.29, 0.717) is 34.1 Å². The summed E-state index contributed by atoms with van der Waals surface area (Å²) in [5, 5.41) is 18.0. The molecular weight excluding hydrogens is 571 g/mol. The Morgan fingerprint density at radius 1 is 0.976 bits per heavy atom. The normalized spacial score (nSPS) is 15.6. The van der Waals surface area contributed by atoms with E-state index < -0.39 is 23.7 Å². The van der Waals surface area contributed by atoms with Gasteiger partial charge in [-0.1, -0.05) is 53.9 Å². The number of rotatable bonds is 8. The number of halogens is 4. The third-order valence-electron chi connectivity index (χ3n) is 7.34. The summed E-state index contributed by atoms with van der Waals surface area (Å²) >= 11 is 12.8. The Hall–Kier alpha value is -3.75. The summed E-state index contributed by atoms with van der Waals surface area (Å²) in [4.78, 5) is 25.8. The molecule has 0 bridgehead atoms. The molecule has 0 saturated carbocycles. The van der Waals surface area contributed by atoms with E-state index in [9.17, 15) is 23.5 Å². The van der Waals surface area contributed by atoms with Crippen molar-refractivity contribution in [1.29, 1.82) is 0 Å². The van der Waals surface area contributed by atoms with Crippen molar-refractivity contribution in [1.82, 2.24) is 15.1 Å². The Morgan fingerprint density at radius 2 is 1.63 bits per heavy atom. The van der Waals surface area contributed by atoms with Crippen molar-refractivity contribution >= 4 is 35.1 Å². The SMILES string of the molecule is O=C(N[C@@H](Cc1ccc(F)cc1)C(=O)O)c1nn(-c2ccc(Cl)cc2Cl)c2c1CCCCC2Cc1ccc(F)cc1. The van der Waals surface area contributed by atoms with Crippen LogP contribution < -0.4 is 5.32 Å². The zero-order chi connectivity index (χ0) is 29.1. The number of fused-ring (bicyclic) bond motifs is 1. The molecular formula is C31H27Cl2F2N3O3. The van der Waals surface area contributed by atoms with Crippen LogP contribution in [0.2, 0.25) is 10.0 Å². The summed E-state index contributed by atoms with van der Waals surface area (Å²) < 4.78 is 28.6. The second kappa shape index (κ2) is 12.4. The van der Waals surface area contributed by atoms with Crippen molar-refractivity contribution in [2.75, 3.05) is 0 Å². The zero-order valence-corrected chi connectivity index (χ0v) is 23.4. The van der Waals surface area contributed by atoms with Gasteiger partial charge in [0.15, 0.2) is 5.69 Å².